The molecule has 0 unspecified atom stereocenters. The Morgan fingerprint density at radius 3 is 2.16 bits per heavy atom. The lowest BCUT2D eigenvalue weighted by Gasteiger charge is -2.17. The Kier molecular flexibility index (Phi) is 3.79. The number of rotatable bonds is 3. The fourth-order valence-corrected chi connectivity index (χ4v) is 3.21. The van der Waals surface area contributed by atoms with Crippen molar-refractivity contribution >= 4 is 11.3 Å². The summed E-state index contributed by atoms with van der Waals surface area (Å²) in [6.07, 6.45) is 0. The molecule has 0 fully saturated rings. The van der Waals surface area contributed by atoms with Crippen molar-refractivity contribution in [3.63, 3.8) is 0 Å². The van der Waals surface area contributed by atoms with Gasteiger partial charge in [0.25, 0.3) is 0 Å². The summed E-state index contributed by atoms with van der Waals surface area (Å²) in [5.41, 5.74) is 2.54. The molecule has 0 aliphatic rings. The lowest BCUT2D eigenvalue weighted by atomic mass is 10.0. The highest BCUT2D eigenvalue weighted by Crippen LogP contribution is 2.37. The highest BCUT2D eigenvalue weighted by Gasteiger charge is 2.26. The normalized spacial score (nSPS) is 12.2. The fraction of sp³-hybridized carbons (Fsp3) is 0.438. The predicted octanol–water partition coefficient (Wildman–Crippen LogP) is 4.47. The van der Waals surface area contributed by atoms with Crippen molar-refractivity contribution in [2.24, 2.45) is 0 Å². The lowest BCUT2D eigenvalue weighted by Crippen LogP contribution is -2.16. The second-order valence-corrected chi connectivity index (χ2v) is 6.81. The van der Waals surface area contributed by atoms with E-state index in [0.29, 0.717) is 5.92 Å². The number of aryl methyl sites for hydroxylation is 1. The third kappa shape index (κ3) is 3.04. The number of hydrogen-bond acceptors (Lipinski definition) is 3. The van der Waals surface area contributed by atoms with Crippen LogP contribution in [0.5, 0.6) is 0 Å². The average Bonchev–Trinajstić information content (AvgIpc) is 2.74. The Bertz CT molecular complexity index is 561. The maximum Gasteiger partial charge on any atom is 0.123 e. The number of benzene rings is 1. The molecule has 19 heavy (non-hydrogen) atoms. The molecule has 1 heterocycles. The first kappa shape index (κ1) is 14.2. The standard InChI is InChI=1S/C16H21NOS/c1-10(2)13-14(16(4,5)18)19-15(17-13)12-8-6-11(3)7-9-12/h6-10,18H,1-5H3. The molecule has 2 aromatic rings. The van der Waals surface area contributed by atoms with E-state index in [4.69, 9.17) is 4.98 Å². The van der Waals surface area contributed by atoms with Crippen LogP contribution in [0.1, 0.15) is 49.7 Å². The Hall–Kier alpha value is -1.19. The van der Waals surface area contributed by atoms with Gasteiger partial charge in [-0.15, -0.1) is 11.3 Å². The van der Waals surface area contributed by atoms with Gasteiger partial charge in [-0.25, -0.2) is 4.98 Å². The van der Waals surface area contributed by atoms with Crippen LogP contribution in [0.3, 0.4) is 0 Å². The molecule has 1 aromatic carbocycles. The summed E-state index contributed by atoms with van der Waals surface area (Å²) in [6.45, 7) is 9.95. The number of thiazole rings is 1. The summed E-state index contributed by atoms with van der Waals surface area (Å²) < 4.78 is 0. The molecular weight excluding hydrogens is 254 g/mol. The van der Waals surface area contributed by atoms with E-state index in [1.54, 1.807) is 11.3 Å². The van der Waals surface area contributed by atoms with E-state index in [-0.39, 0.29) is 0 Å². The molecule has 2 rings (SSSR count). The van der Waals surface area contributed by atoms with Gasteiger partial charge in [0.15, 0.2) is 0 Å². The molecule has 1 aromatic heterocycles. The molecule has 0 radical (unpaired) electrons. The molecule has 2 nitrogen and oxygen atoms in total. The van der Waals surface area contributed by atoms with E-state index < -0.39 is 5.60 Å². The van der Waals surface area contributed by atoms with Crippen LogP contribution in [0.15, 0.2) is 24.3 Å². The third-order valence-corrected chi connectivity index (χ3v) is 4.49. The highest BCUT2D eigenvalue weighted by molar-refractivity contribution is 7.15. The quantitative estimate of drug-likeness (QED) is 0.896. The maximum absolute atomic E-state index is 10.3. The van der Waals surface area contributed by atoms with Crippen molar-refractivity contribution in [2.75, 3.05) is 0 Å². The molecule has 0 bridgehead atoms. The zero-order valence-corrected chi connectivity index (χ0v) is 13.0. The lowest BCUT2D eigenvalue weighted by molar-refractivity contribution is 0.0811. The van der Waals surface area contributed by atoms with Gasteiger partial charge in [-0.1, -0.05) is 43.7 Å². The summed E-state index contributed by atoms with van der Waals surface area (Å²) in [6, 6.07) is 8.37. The smallest absolute Gasteiger partial charge is 0.123 e. The van der Waals surface area contributed by atoms with E-state index >= 15 is 0 Å². The Morgan fingerprint density at radius 2 is 1.74 bits per heavy atom. The summed E-state index contributed by atoms with van der Waals surface area (Å²) >= 11 is 1.59. The number of nitrogens with zero attached hydrogens (tertiary/aromatic N) is 1. The van der Waals surface area contributed by atoms with Gasteiger partial charge in [0.2, 0.25) is 0 Å². The zero-order chi connectivity index (χ0) is 14.2. The van der Waals surface area contributed by atoms with Crippen molar-refractivity contribution in [3.8, 4) is 10.6 Å². The van der Waals surface area contributed by atoms with Crippen molar-refractivity contribution in [2.45, 2.75) is 46.1 Å². The van der Waals surface area contributed by atoms with Crippen molar-refractivity contribution < 1.29 is 5.11 Å². The van der Waals surface area contributed by atoms with Crippen LogP contribution in [0, 0.1) is 6.92 Å². The van der Waals surface area contributed by atoms with Gasteiger partial charge in [-0.3, -0.25) is 0 Å². The van der Waals surface area contributed by atoms with E-state index in [0.717, 1.165) is 21.1 Å². The van der Waals surface area contributed by atoms with Crippen molar-refractivity contribution in [1.82, 2.24) is 4.98 Å². The molecule has 0 aliphatic carbocycles. The van der Waals surface area contributed by atoms with E-state index in [1.807, 2.05) is 13.8 Å². The molecule has 0 aliphatic heterocycles. The maximum atomic E-state index is 10.3. The molecule has 0 saturated heterocycles. The largest absolute Gasteiger partial charge is 0.385 e. The van der Waals surface area contributed by atoms with Gasteiger partial charge in [0.05, 0.1) is 16.2 Å². The van der Waals surface area contributed by atoms with Gasteiger partial charge < -0.3 is 5.11 Å². The first-order valence-electron chi connectivity index (χ1n) is 6.59. The summed E-state index contributed by atoms with van der Waals surface area (Å²) in [4.78, 5) is 5.71. The second-order valence-electron chi connectivity index (χ2n) is 5.81. The van der Waals surface area contributed by atoms with Gasteiger partial charge in [0.1, 0.15) is 5.01 Å². The molecule has 0 amide bonds. The topological polar surface area (TPSA) is 33.1 Å². The van der Waals surface area contributed by atoms with Gasteiger partial charge in [0, 0.05) is 5.56 Å². The molecule has 1 N–H and O–H groups in total. The average molecular weight is 275 g/mol. The molecule has 0 spiro atoms. The van der Waals surface area contributed by atoms with Crippen LogP contribution in [-0.2, 0) is 5.60 Å². The van der Waals surface area contributed by atoms with Crippen molar-refractivity contribution in [3.05, 3.63) is 40.4 Å². The van der Waals surface area contributed by atoms with Gasteiger partial charge >= 0.3 is 0 Å². The third-order valence-electron chi connectivity index (χ3n) is 3.05. The second kappa shape index (κ2) is 5.06. The fourth-order valence-electron chi connectivity index (χ4n) is 1.98. The minimum atomic E-state index is -0.833. The summed E-state index contributed by atoms with van der Waals surface area (Å²) in [7, 11) is 0. The van der Waals surface area contributed by atoms with Crippen LogP contribution in [0.2, 0.25) is 0 Å². The van der Waals surface area contributed by atoms with Crippen LogP contribution >= 0.6 is 11.3 Å². The van der Waals surface area contributed by atoms with Crippen LogP contribution in [0.4, 0.5) is 0 Å². The molecule has 0 atom stereocenters. The zero-order valence-electron chi connectivity index (χ0n) is 12.2. The molecule has 0 saturated carbocycles. The molecule has 102 valence electrons. The minimum Gasteiger partial charge on any atom is -0.385 e. The van der Waals surface area contributed by atoms with E-state index in [2.05, 4.69) is 45.0 Å². The van der Waals surface area contributed by atoms with Gasteiger partial charge in [-0.05, 0) is 26.7 Å². The molecule has 3 heteroatoms. The number of aromatic nitrogens is 1. The van der Waals surface area contributed by atoms with Crippen LogP contribution in [0.25, 0.3) is 10.6 Å². The Morgan fingerprint density at radius 1 is 1.16 bits per heavy atom. The first-order chi connectivity index (χ1) is 8.79. The SMILES string of the molecule is Cc1ccc(-c2nc(C(C)C)c(C(C)(C)O)s2)cc1. The Labute approximate surface area is 119 Å². The Balaban J connectivity index is 2.52. The summed E-state index contributed by atoms with van der Waals surface area (Å²) in [5.74, 6) is 0.317. The van der Waals surface area contributed by atoms with Crippen LogP contribution < -0.4 is 0 Å². The monoisotopic (exact) mass is 275 g/mol. The molecular formula is C16H21NOS. The number of aliphatic hydroxyl groups is 1. The van der Waals surface area contributed by atoms with Crippen LogP contribution in [-0.4, -0.2) is 10.1 Å². The van der Waals surface area contributed by atoms with E-state index in [1.165, 1.54) is 5.56 Å². The highest BCUT2D eigenvalue weighted by atomic mass is 32.1. The van der Waals surface area contributed by atoms with Gasteiger partial charge in [-0.2, -0.15) is 0 Å². The summed E-state index contributed by atoms with van der Waals surface area (Å²) in [5, 5.41) is 11.3. The number of hydrogen-bond donors (Lipinski definition) is 1. The van der Waals surface area contributed by atoms with E-state index in [9.17, 15) is 5.11 Å². The van der Waals surface area contributed by atoms with Crippen molar-refractivity contribution in [1.29, 1.82) is 0 Å². The first-order valence-corrected chi connectivity index (χ1v) is 7.41. The predicted molar refractivity (Wildman–Crippen MR) is 81.6 cm³/mol. The minimum absolute atomic E-state index is 0.317.